The molecule has 1 aliphatic heterocycles. The summed E-state index contributed by atoms with van der Waals surface area (Å²) in [6, 6.07) is 9.18. The van der Waals surface area contributed by atoms with Gasteiger partial charge in [0.25, 0.3) is 5.91 Å². The smallest absolute Gasteiger partial charge is 0.293 e. The fraction of sp³-hybridized carbons (Fsp3) is 0.400. The Labute approximate surface area is 157 Å². The molecule has 1 aromatic heterocycles. The molecule has 4 rings (SSSR count). The lowest BCUT2D eigenvalue weighted by Gasteiger charge is -2.17. The van der Waals surface area contributed by atoms with Crippen molar-refractivity contribution < 1.29 is 14.0 Å². The first-order valence-electron chi connectivity index (χ1n) is 9.10. The molecule has 0 bridgehead atoms. The highest BCUT2D eigenvalue weighted by atomic mass is 32.2. The van der Waals surface area contributed by atoms with Crippen LogP contribution in [0.5, 0.6) is 0 Å². The van der Waals surface area contributed by atoms with Gasteiger partial charge in [0, 0.05) is 23.2 Å². The fourth-order valence-corrected chi connectivity index (χ4v) is 4.77. The van der Waals surface area contributed by atoms with E-state index in [1.807, 2.05) is 18.2 Å². The first-order valence-corrected chi connectivity index (χ1v) is 10.2. The van der Waals surface area contributed by atoms with Crippen LogP contribution in [0.3, 0.4) is 0 Å². The molecule has 26 heavy (non-hydrogen) atoms. The van der Waals surface area contributed by atoms with Crippen molar-refractivity contribution in [2.75, 3.05) is 22.5 Å². The molecule has 5 nitrogen and oxygen atoms in total. The van der Waals surface area contributed by atoms with Crippen LogP contribution in [-0.4, -0.2) is 29.4 Å². The zero-order valence-corrected chi connectivity index (χ0v) is 15.4. The van der Waals surface area contributed by atoms with Gasteiger partial charge in [-0.25, -0.2) is 0 Å². The van der Waals surface area contributed by atoms with E-state index in [9.17, 15) is 9.59 Å². The maximum atomic E-state index is 12.6. The number of furan rings is 1. The topological polar surface area (TPSA) is 62.6 Å². The van der Waals surface area contributed by atoms with Crippen molar-refractivity contribution >= 4 is 35.0 Å². The third-order valence-corrected chi connectivity index (χ3v) is 6.37. The summed E-state index contributed by atoms with van der Waals surface area (Å²) < 4.78 is 5.23. The first-order chi connectivity index (χ1) is 12.7. The molecule has 0 unspecified atom stereocenters. The van der Waals surface area contributed by atoms with Gasteiger partial charge in [-0.05, 0) is 49.1 Å². The molecule has 0 spiro atoms. The Morgan fingerprint density at radius 1 is 1.23 bits per heavy atom. The van der Waals surface area contributed by atoms with Crippen LogP contribution in [0.15, 0.2) is 41.0 Å². The number of thioether (sulfide) groups is 1. The second kappa shape index (κ2) is 7.58. The van der Waals surface area contributed by atoms with E-state index in [1.165, 1.54) is 31.9 Å². The minimum atomic E-state index is -0.144. The Morgan fingerprint density at radius 2 is 2.08 bits per heavy atom. The van der Waals surface area contributed by atoms with E-state index in [4.69, 9.17) is 4.42 Å². The highest BCUT2D eigenvalue weighted by Crippen LogP contribution is 2.33. The molecular formula is C20H22N2O3S. The molecule has 2 amide bonds. The van der Waals surface area contributed by atoms with E-state index in [-0.39, 0.29) is 11.8 Å². The van der Waals surface area contributed by atoms with Crippen LogP contribution in [-0.2, 0) is 11.2 Å². The SMILES string of the molecule is O=C(CSC1CCCC1)Nc1ccc2c(c1)N(C(=O)c1ccco1)CC2. The van der Waals surface area contributed by atoms with Crippen LogP contribution in [0.25, 0.3) is 0 Å². The second-order valence-electron chi connectivity index (χ2n) is 6.79. The zero-order valence-electron chi connectivity index (χ0n) is 14.6. The van der Waals surface area contributed by atoms with Crippen molar-refractivity contribution in [2.45, 2.75) is 37.4 Å². The molecule has 1 N–H and O–H groups in total. The lowest BCUT2D eigenvalue weighted by atomic mass is 10.1. The number of nitrogens with one attached hydrogen (secondary N) is 1. The largest absolute Gasteiger partial charge is 0.459 e. The number of hydrogen-bond donors (Lipinski definition) is 1. The number of rotatable bonds is 5. The van der Waals surface area contributed by atoms with Gasteiger partial charge in [0.1, 0.15) is 0 Å². The summed E-state index contributed by atoms with van der Waals surface area (Å²) in [5.41, 5.74) is 2.70. The van der Waals surface area contributed by atoms with Gasteiger partial charge in [-0.1, -0.05) is 18.9 Å². The summed E-state index contributed by atoms with van der Waals surface area (Å²) >= 11 is 1.75. The average Bonchev–Trinajstić information content (AvgIpc) is 3.40. The van der Waals surface area contributed by atoms with Crippen LogP contribution in [0.2, 0.25) is 0 Å². The maximum Gasteiger partial charge on any atom is 0.293 e. The van der Waals surface area contributed by atoms with Crippen molar-refractivity contribution in [3.63, 3.8) is 0 Å². The van der Waals surface area contributed by atoms with Gasteiger partial charge in [0.05, 0.1) is 12.0 Å². The van der Waals surface area contributed by atoms with Crippen molar-refractivity contribution in [1.29, 1.82) is 0 Å². The molecule has 2 aliphatic rings. The highest BCUT2D eigenvalue weighted by Gasteiger charge is 2.27. The second-order valence-corrected chi connectivity index (χ2v) is 8.08. The molecule has 1 saturated carbocycles. The summed E-state index contributed by atoms with van der Waals surface area (Å²) in [5.74, 6) is 0.689. The molecule has 6 heteroatoms. The Kier molecular flexibility index (Phi) is 5.02. The number of anilines is 2. The van der Waals surface area contributed by atoms with E-state index in [2.05, 4.69) is 5.32 Å². The van der Waals surface area contributed by atoms with E-state index in [0.717, 1.165) is 23.4 Å². The van der Waals surface area contributed by atoms with Crippen LogP contribution in [0.4, 0.5) is 11.4 Å². The van der Waals surface area contributed by atoms with E-state index < -0.39 is 0 Å². The number of nitrogens with zero attached hydrogens (tertiary/aromatic N) is 1. The minimum Gasteiger partial charge on any atom is -0.459 e. The van der Waals surface area contributed by atoms with Crippen LogP contribution in [0.1, 0.15) is 41.8 Å². The van der Waals surface area contributed by atoms with Gasteiger partial charge >= 0.3 is 0 Å². The molecule has 1 fully saturated rings. The van der Waals surface area contributed by atoms with E-state index in [1.54, 1.807) is 28.8 Å². The maximum absolute atomic E-state index is 12.6. The third-order valence-electron chi connectivity index (χ3n) is 4.99. The summed E-state index contributed by atoms with van der Waals surface area (Å²) in [6.07, 6.45) is 7.32. The third kappa shape index (κ3) is 3.65. The Hall–Kier alpha value is -2.21. The quantitative estimate of drug-likeness (QED) is 0.861. The molecule has 1 aromatic carbocycles. The van der Waals surface area contributed by atoms with Crippen LogP contribution >= 0.6 is 11.8 Å². The van der Waals surface area contributed by atoms with Gasteiger partial charge in [0.15, 0.2) is 5.76 Å². The standard InChI is InChI=1S/C20H22N2O3S/c23-19(13-26-16-4-1-2-5-16)21-15-8-7-14-9-10-22(17(14)12-15)20(24)18-6-3-11-25-18/h3,6-8,11-12,16H,1-2,4-5,9-10,13H2,(H,21,23). The molecule has 0 saturated heterocycles. The molecule has 136 valence electrons. The number of carbonyl (C=O) groups excluding carboxylic acids is 2. The summed E-state index contributed by atoms with van der Waals surface area (Å²) in [4.78, 5) is 26.6. The van der Waals surface area contributed by atoms with Crippen molar-refractivity contribution in [2.24, 2.45) is 0 Å². The zero-order chi connectivity index (χ0) is 17.9. The summed E-state index contributed by atoms with van der Waals surface area (Å²) in [6.45, 7) is 0.629. The van der Waals surface area contributed by atoms with E-state index >= 15 is 0 Å². The number of benzene rings is 1. The normalized spacial score (nSPS) is 16.7. The van der Waals surface area contributed by atoms with Crippen molar-refractivity contribution in [3.8, 4) is 0 Å². The lowest BCUT2D eigenvalue weighted by molar-refractivity contribution is -0.113. The number of amides is 2. The highest BCUT2D eigenvalue weighted by molar-refractivity contribution is 8.00. The minimum absolute atomic E-state index is 0.0174. The molecule has 2 heterocycles. The molecule has 1 aliphatic carbocycles. The van der Waals surface area contributed by atoms with Gasteiger partial charge in [-0.2, -0.15) is 0 Å². The van der Waals surface area contributed by atoms with Crippen LogP contribution in [0, 0.1) is 0 Å². The van der Waals surface area contributed by atoms with E-state index in [0.29, 0.717) is 23.3 Å². The fourth-order valence-electron chi connectivity index (χ4n) is 3.65. The lowest BCUT2D eigenvalue weighted by Crippen LogP contribution is -2.28. The molecule has 0 atom stereocenters. The number of carbonyl (C=O) groups is 2. The predicted octanol–water partition coefficient (Wildman–Crippen LogP) is 4.10. The predicted molar refractivity (Wildman–Crippen MR) is 104 cm³/mol. The number of fused-ring (bicyclic) bond motifs is 1. The van der Waals surface area contributed by atoms with Crippen molar-refractivity contribution in [1.82, 2.24) is 0 Å². The van der Waals surface area contributed by atoms with Gasteiger partial charge < -0.3 is 14.6 Å². The average molecular weight is 370 g/mol. The monoisotopic (exact) mass is 370 g/mol. The van der Waals surface area contributed by atoms with Gasteiger partial charge in [-0.15, -0.1) is 11.8 Å². The van der Waals surface area contributed by atoms with Crippen LogP contribution < -0.4 is 10.2 Å². The molecule has 2 aromatic rings. The Bertz CT molecular complexity index is 797. The Balaban J connectivity index is 1.42. The summed E-state index contributed by atoms with van der Waals surface area (Å²) in [7, 11) is 0. The van der Waals surface area contributed by atoms with Gasteiger partial charge in [-0.3, -0.25) is 9.59 Å². The van der Waals surface area contributed by atoms with Gasteiger partial charge in [0.2, 0.25) is 5.91 Å². The number of hydrogen-bond acceptors (Lipinski definition) is 4. The summed E-state index contributed by atoms with van der Waals surface area (Å²) in [5, 5.41) is 3.60. The van der Waals surface area contributed by atoms with Crippen molar-refractivity contribution in [3.05, 3.63) is 47.9 Å². The Morgan fingerprint density at radius 3 is 2.85 bits per heavy atom. The first kappa shape index (κ1) is 17.2. The molecule has 0 radical (unpaired) electrons. The molecular weight excluding hydrogens is 348 g/mol.